The van der Waals surface area contributed by atoms with Gasteiger partial charge in [-0.05, 0) is 37.6 Å². The molecule has 96 valence electrons. The van der Waals surface area contributed by atoms with Crippen LogP contribution in [0, 0.1) is 5.92 Å². The summed E-state index contributed by atoms with van der Waals surface area (Å²) in [5.41, 5.74) is 1.02. The van der Waals surface area contributed by atoms with Crippen LogP contribution in [-0.2, 0) is 6.42 Å². The molecular formula is C13H20N4O+2. The first kappa shape index (κ1) is 12.7. The van der Waals surface area contributed by atoms with E-state index < -0.39 is 0 Å². The minimum atomic E-state index is 0.249. The van der Waals surface area contributed by atoms with Crippen LogP contribution in [0.3, 0.4) is 0 Å². The lowest BCUT2D eigenvalue weighted by Crippen LogP contribution is -2.41. The third-order valence-electron chi connectivity index (χ3n) is 3.10. The van der Waals surface area contributed by atoms with Gasteiger partial charge in [0.25, 0.3) is 0 Å². The highest BCUT2D eigenvalue weighted by molar-refractivity contribution is 5.92. The van der Waals surface area contributed by atoms with Gasteiger partial charge in [0.1, 0.15) is 5.92 Å². The Kier molecular flexibility index (Phi) is 4.41. The number of aromatic nitrogens is 1. The number of hydrogen-bond acceptors (Lipinski definition) is 2. The molecule has 1 fully saturated rings. The van der Waals surface area contributed by atoms with E-state index in [2.05, 4.69) is 15.3 Å². The van der Waals surface area contributed by atoms with E-state index in [-0.39, 0.29) is 5.92 Å². The van der Waals surface area contributed by atoms with Gasteiger partial charge < -0.3 is 10.4 Å². The number of aliphatic imine (C=N–C) groups is 1. The van der Waals surface area contributed by atoms with Crippen LogP contribution in [0.1, 0.15) is 18.4 Å². The summed E-state index contributed by atoms with van der Waals surface area (Å²) in [6.07, 6.45) is 6.01. The lowest BCUT2D eigenvalue weighted by molar-refractivity contribution is -0.117. The average molecular weight is 248 g/mol. The highest BCUT2D eigenvalue weighted by atomic mass is 16.3. The Bertz CT molecular complexity index is 424. The second-order valence-electron chi connectivity index (χ2n) is 4.55. The molecule has 1 saturated heterocycles. The first-order valence-corrected chi connectivity index (χ1v) is 6.27. The predicted molar refractivity (Wildman–Crippen MR) is 71.5 cm³/mol. The van der Waals surface area contributed by atoms with Crippen LogP contribution < -0.4 is 10.7 Å². The molecule has 5 N–H and O–H groups in total. The van der Waals surface area contributed by atoms with E-state index >= 15 is 0 Å². The molecule has 0 radical (unpaired) electrons. The summed E-state index contributed by atoms with van der Waals surface area (Å²) in [4.78, 5) is 8.25. The maximum Gasteiger partial charge on any atom is 0.442 e. The number of hydrogen-bond donors (Lipinski definition) is 2. The summed E-state index contributed by atoms with van der Waals surface area (Å²) in [5.74, 6) is 1.16. The number of nitrogens with two attached hydrogens (primary N) is 1. The normalized spacial score (nSPS) is 17.7. The van der Waals surface area contributed by atoms with Crippen molar-refractivity contribution >= 4 is 11.7 Å². The minimum absolute atomic E-state index is 0.249. The van der Waals surface area contributed by atoms with E-state index in [0.29, 0.717) is 18.2 Å². The topological polar surface area (TPSA) is 85.8 Å². The highest BCUT2D eigenvalue weighted by Crippen LogP contribution is 2.12. The zero-order chi connectivity index (χ0) is 12.8. The Balaban J connectivity index is 1.93. The van der Waals surface area contributed by atoms with Crippen molar-refractivity contribution in [3.05, 3.63) is 30.1 Å². The second kappa shape index (κ2) is 6.26. The quantitative estimate of drug-likeness (QED) is 0.404. The molecule has 0 aliphatic carbocycles. The van der Waals surface area contributed by atoms with Gasteiger partial charge in [-0.25, -0.2) is 0 Å². The summed E-state index contributed by atoms with van der Waals surface area (Å²) < 4.78 is 0. The minimum Gasteiger partial charge on any atom is -0.563 e. The summed E-state index contributed by atoms with van der Waals surface area (Å²) in [7, 11) is 0. The van der Waals surface area contributed by atoms with E-state index in [4.69, 9.17) is 10.5 Å². The van der Waals surface area contributed by atoms with Gasteiger partial charge in [-0.1, -0.05) is 6.07 Å². The Morgan fingerprint density at radius 3 is 2.94 bits per heavy atom. The molecule has 0 atom stereocenters. The zero-order valence-corrected chi connectivity index (χ0v) is 10.4. The number of nitrogens with one attached hydrogen (secondary N) is 1. The van der Waals surface area contributed by atoms with E-state index in [1.165, 1.54) is 0 Å². The van der Waals surface area contributed by atoms with Gasteiger partial charge in [-0.2, -0.15) is 0 Å². The van der Waals surface area contributed by atoms with E-state index in [0.717, 1.165) is 31.5 Å². The Hall–Kier alpha value is -1.75. The van der Waals surface area contributed by atoms with Gasteiger partial charge >= 0.3 is 11.7 Å². The molecule has 0 bridgehead atoms. The largest absolute Gasteiger partial charge is 0.563 e. The van der Waals surface area contributed by atoms with Crippen molar-refractivity contribution < 1.29 is 10.5 Å². The molecule has 0 saturated carbocycles. The summed E-state index contributed by atoms with van der Waals surface area (Å²) in [6, 6.07) is 3.84. The maximum atomic E-state index is 7.97. The highest BCUT2D eigenvalue weighted by Gasteiger charge is 2.27. The van der Waals surface area contributed by atoms with Crippen molar-refractivity contribution in [3.8, 4) is 0 Å². The summed E-state index contributed by atoms with van der Waals surface area (Å²) in [5, 5.41) is 17.1. The predicted octanol–water partition coefficient (Wildman–Crippen LogP) is -1.10. The molecule has 0 aromatic carbocycles. The monoisotopic (exact) mass is 248 g/mol. The first-order chi connectivity index (χ1) is 8.75. The molecule has 2 rings (SSSR count). The molecule has 1 aromatic rings. The molecule has 2 heterocycles. The van der Waals surface area contributed by atoms with Crippen LogP contribution in [0.4, 0.5) is 0 Å². The van der Waals surface area contributed by atoms with Crippen LogP contribution >= 0.6 is 0 Å². The molecule has 0 spiro atoms. The lowest BCUT2D eigenvalue weighted by Gasteiger charge is -2.16. The average Bonchev–Trinajstić information content (AvgIpc) is 2.40. The van der Waals surface area contributed by atoms with Crippen molar-refractivity contribution in [1.82, 2.24) is 10.3 Å². The molecule has 18 heavy (non-hydrogen) atoms. The fraction of sp³-hybridized carbons (Fsp3) is 0.462. The third kappa shape index (κ3) is 3.63. The van der Waals surface area contributed by atoms with Crippen LogP contribution in [0.2, 0.25) is 0 Å². The van der Waals surface area contributed by atoms with Crippen LogP contribution in [0.25, 0.3) is 0 Å². The lowest BCUT2D eigenvalue weighted by atomic mass is 9.98. The van der Waals surface area contributed by atoms with Crippen molar-refractivity contribution in [2.24, 2.45) is 10.9 Å². The fourth-order valence-corrected chi connectivity index (χ4v) is 2.09. The van der Waals surface area contributed by atoms with E-state index in [1.807, 2.05) is 12.1 Å². The number of rotatable bonds is 3. The molecule has 0 unspecified atom stereocenters. The van der Waals surface area contributed by atoms with E-state index in [9.17, 15) is 0 Å². The van der Waals surface area contributed by atoms with Crippen molar-refractivity contribution in [2.45, 2.75) is 19.3 Å². The number of amidine groups is 1. The van der Waals surface area contributed by atoms with Gasteiger partial charge in [-0.3, -0.25) is 10.4 Å². The van der Waals surface area contributed by atoms with E-state index in [1.54, 1.807) is 12.4 Å². The molecular weight excluding hydrogens is 228 g/mol. The third-order valence-corrected chi connectivity index (χ3v) is 3.10. The van der Waals surface area contributed by atoms with Crippen molar-refractivity contribution in [3.63, 3.8) is 0 Å². The van der Waals surface area contributed by atoms with Crippen LogP contribution in [0.5, 0.6) is 0 Å². The Morgan fingerprint density at radius 2 is 2.28 bits per heavy atom. The molecule has 5 heteroatoms. The van der Waals surface area contributed by atoms with Gasteiger partial charge in [0, 0.05) is 17.4 Å². The molecule has 1 aromatic heterocycles. The second-order valence-corrected chi connectivity index (χ2v) is 4.55. The molecule has 5 nitrogen and oxygen atoms in total. The molecule has 1 aliphatic heterocycles. The number of piperidine rings is 1. The Labute approximate surface area is 106 Å². The van der Waals surface area contributed by atoms with Crippen LogP contribution in [-0.4, -0.2) is 34.9 Å². The van der Waals surface area contributed by atoms with Gasteiger partial charge in [0.2, 0.25) is 0 Å². The number of nitrogens with zero attached hydrogens (tertiary/aromatic N) is 2. The summed E-state index contributed by atoms with van der Waals surface area (Å²) >= 11 is 0. The van der Waals surface area contributed by atoms with Gasteiger partial charge in [-0.15, -0.1) is 0 Å². The van der Waals surface area contributed by atoms with Crippen molar-refractivity contribution in [1.29, 1.82) is 0 Å². The fourth-order valence-electron chi connectivity index (χ4n) is 2.09. The molecule has 1 aliphatic rings. The number of pyridine rings is 1. The van der Waals surface area contributed by atoms with Crippen LogP contribution in [0.15, 0.2) is 29.5 Å². The first-order valence-electron chi connectivity index (χ1n) is 6.27. The van der Waals surface area contributed by atoms with Gasteiger partial charge in [0.05, 0.1) is 6.42 Å². The zero-order valence-electron chi connectivity index (χ0n) is 10.4. The maximum absolute atomic E-state index is 7.97. The smallest absolute Gasteiger partial charge is 0.442 e. The van der Waals surface area contributed by atoms with Gasteiger partial charge in [0.15, 0.2) is 0 Å². The molecule has 0 amide bonds. The SMILES string of the molecule is [NH2+]=C(Cc1cccnc1)N=C([OH2+])C1CCNCC1. The summed E-state index contributed by atoms with van der Waals surface area (Å²) in [6.45, 7) is 1.93. The van der Waals surface area contributed by atoms with Crippen molar-refractivity contribution in [2.75, 3.05) is 13.1 Å². The standard InChI is InChI=1S/C13H18N4O/c14-12(8-10-2-1-5-16-9-10)17-13(18)11-3-6-15-7-4-11/h1-2,5,9,11,15H,3-4,6-8H2,(H2,14,17,18)/p+2. The Morgan fingerprint density at radius 1 is 1.50 bits per heavy atom.